The third-order valence-corrected chi connectivity index (χ3v) is 6.27. The molecule has 6 nitrogen and oxygen atoms in total. The molecule has 0 atom stereocenters. The highest BCUT2D eigenvalue weighted by Gasteiger charge is 2.29. The van der Waals surface area contributed by atoms with Crippen LogP contribution in [0.1, 0.15) is 43.3 Å². The van der Waals surface area contributed by atoms with E-state index in [4.69, 9.17) is 0 Å². The number of rotatable bonds is 4. The third-order valence-electron chi connectivity index (χ3n) is 3.60. The van der Waals surface area contributed by atoms with Gasteiger partial charge in [0, 0.05) is 6.04 Å². The first-order valence-corrected chi connectivity index (χ1v) is 9.18. The molecule has 1 fully saturated rings. The predicted molar refractivity (Wildman–Crippen MR) is 77.6 cm³/mol. The zero-order valence-electron chi connectivity index (χ0n) is 11.6. The van der Waals surface area contributed by atoms with E-state index >= 15 is 0 Å². The lowest BCUT2D eigenvalue weighted by atomic mass is 10.3. The molecule has 0 aliphatic heterocycles. The van der Waals surface area contributed by atoms with Crippen molar-refractivity contribution >= 4 is 26.3 Å². The number of aryl methyl sites for hydroxylation is 2. The molecule has 0 spiro atoms. The van der Waals surface area contributed by atoms with Crippen molar-refractivity contribution in [1.82, 2.24) is 19.3 Å². The van der Waals surface area contributed by atoms with Gasteiger partial charge in [-0.1, -0.05) is 31.1 Å². The van der Waals surface area contributed by atoms with E-state index in [-0.39, 0.29) is 11.1 Å². The van der Waals surface area contributed by atoms with Crippen molar-refractivity contribution < 1.29 is 8.42 Å². The molecule has 1 N–H and O–H groups in total. The predicted octanol–water partition coefficient (Wildman–Crippen LogP) is 1.88. The summed E-state index contributed by atoms with van der Waals surface area (Å²) in [5.74, 6) is 0. The van der Waals surface area contributed by atoms with Gasteiger partial charge >= 0.3 is 0 Å². The Morgan fingerprint density at radius 2 is 2.10 bits per heavy atom. The number of hydrogen-bond donors (Lipinski definition) is 1. The van der Waals surface area contributed by atoms with Crippen molar-refractivity contribution in [1.29, 1.82) is 0 Å². The summed E-state index contributed by atoms with van der Waals surface area (Å²) in [6, 6.07) is 0.0502. The van der Waals surface area contributed by atoms with Crippen LogP contribution in [0.4, 0.5) is 0 Å². The topological polar surface area (TPSA) is 76.4 Å². The molecule has 0 bridgehead atoms. The fourth-order valence-electron chi connectivity index (χ4n) is 2.64. The van der Waals surface area contributed by atoms with Crippen molar-refractivity contribution in [3.8, 4) is 0 Å². The van der Waals surface area contributed by atoms with Crippen molar-refractivity contribution in [2.75, 3.05) is 0 Å². The van der Waals surface area contributed by atoms with Gasteiger partial charge in [0.1, 0.15) is 5.01 Å². The van der Waals surface area contributed by atoms with Crippen LogP contribution >= 0.6 is 11.3 Å². The van der Waals surface area contributed by atoms with E-state index < -0.39 is 10.0 Å². The number of hydrogen-bond acceptors (Lipinski definition) is 5. The minimum atomic E-state index is -3.56. The van der Waals surface area contributed by atoms with Crippen LogP contribution in [0.5, 0.6) is 0 Å². The summed E-state index contributed by atoms with van der Waals surface area (Å²) in [6.45, 7) is 3.71. The molecule has 2 heterocycles. The summed E-state index contributed by atoms with van der Waals surface area (Å²) in [4.78, 5) is 4.97. The maximum atomic E-state index is 12.6. The molecule has 0 amide bonds. The highest BCUT2D eigenvalue weighted by Crippen LogP contribution is 2.24. The minimum Gasteiger partial charge on any atom is -0.221 e. The van der Waals surface area contributed by atoms with Gasteiger partial charge in [0.15, 0.2) is 5.03 Å². The van der Waals surface area contributed by atoms with Crippen molar-refractivity contribution in [2.45, 2.75) is 57.0 Å². The molecule has 3 rings (SSSR count). The van der Waals surface area contributed by atoms with E-state index in [9.17, 15) is 8.42 Å². The van der Waals surface area contributed by atoms with Crippen LogP contribution in [0.3, 0.4) is 0 Å². The Bertz CT molecular complexity index is 726. The molecule has 0 aromatic carbocycles. The summed E-state index contributed by atoms with van der Waals surface area (Å²) in [5.41, 5.74) is 0.511. The molecule has 110 valence electrons. The Balaban J connectivity index is 2.02. The summed E-state index contributed by atoms with van der Waals surface area (Å²) < 4.78 is 29.4. The van der Waals surface area contributed by atoms with Crippen molar-refractivity contribution in [2.24, 2.45) is 0 Å². The van der Waals surface area contributed by atoms with Crippen molar-refractivity contribution in [3.05, 3.63) is 10.7 Å². The monoisotopic (exact) mass is 314 g/mol. The van der Waals surface area contributed by atoms with Gasteiger partial charge in [0.25, 0.3) is 10.0 Å². The third kappa shape index (κ3) is 2.36. The second-order valence-electron chi connectivity index (χ2n) is 5.15. The molecule has 1 aliphatic carbocycles. The molecule has 1 saturated carbocycles. The first-order chi connectivity index (χ1) is 9.51. The first kappa shape index (κ1) is 14.0. The van der Waals surface area contributed by atoms with Gasteiger partial charge in [-0.2, -0.15) is 9.61 Å². The SMILES string of the molecule is CCc1nn2c(S(=O)(=O)NC3CCCC3)c(C)nc2s1. The number of nitrogens with zero attached hydrogens (tertiary/aromatic N) is 3. The minimum absolute atomic E-state index is 0.0502. The molecule has 2 aromatic rings. The van der Waals surface area contributed by atoms with Gasteiger partial charge in [-0.05, 0) is 26.2 Å². The largest absolute Gasteiger partial charge is 0.260 e. The number of fused-ring (bicyclic) bond motifs is 1. The van der Waals surface area contributed by atoms with Crippen LogP contribution < -0.4 is 4.72 Å². The van der Waals surface area contributed by atoms with Gasteiger partial charge in [-0.25, -0.2) is 18.1 Å². The van der Waals surface area contributed by atoms with Gasteiger partial charge in [-0.15, -0.1) is 0 Å². The van der Waals surface area contributed by atoms with E-state index in [1.165, 1.54) is 15.9 Å². The Morgan fingerprint density at radius 3 is 2.75 bits per heavy atom. The quantitative estimate of drug-likeness (QED) is 0.935. The summed E-state index contributed by atoms with van der Waals surface area (Å²) in [6.07, 6.45) is 4.78. The van der Waals surface area contributed by atoms with Crippen LogP contribution in [0, 0.1) is 6.92 Å². The molecule has 0 unspecified atom stereocenters. The number of imidazole rings is 1. The standard InChI is InChI=1S/C12H18N4O2S2/c1-3-10-14-16-11(8(2)13-12(16)19-10)20(17,18)15-9-6-4-5-7-9/h9,15H,3-7H2,1-2H3. The average molecular weight is 314 g/mol. The number of sulfonamides is 1. The van der Waals surface area contributed by atoms with E-state index in [1.54, 1.807) is 6.92 Å². The van der Waals surface area contributed by atoms with Crippen LogP contribution in [0.2, 0.25) is 0 Å². The zero-order valence-corrected chi connectivity index (χ0v) is 13.2. The van der Waals surface area contributed by atoms with E-state index in [2.05, 4.69) is 14.8 Å². The molecule has 0 saturated heterocycles. The molecular formula is C12H18N4O2S2. The highest BCUT2D eigenvalue weighted by molar-refractivity contribution is 7.89. The van der Waals surface area contributed by atoms with Crippen LogP contribution in [0.15, 0.2) is 5.03 Å². The zero-order chi connectivity index (χ0) is 14.3. The summed E-state index contributed by atoms with van der Waals surface area (Å²) >= 11 is 1.44. The molecular weight excluding hydrogens is 296 g/mol. The molecule has 0 radical (unpaired) electrons. The number of aromatic nitrogens is 3. The number of nitrogens with one attached hydrogen (secondary N) is 1. The smallest absolute Gasteiger partial charge is 0.221 e. The van der Waals surface area contributed by atoms with E-state index in [1.807, 2.05) is 6.92 Å². The van der Waals surface area contributed by atoms with Gasteiger partial charge in [0.2, 0.25) is 4.96 Å². The fourth-order valence-corrected chi connectivity index (χ4v) is 5.15. The maximum Gasteiger partial charge on any atom is 0.260 e. The Kier molecular flexibility index (Phi) is 3.55. The average Bonchev–Trinajstić information content (AvgIpc) is 3.03. The summed E-state index contributed by atoms with van der Waals surface area (Å²) in [5, 5.41) is 5.43. The first-order valence-electron chi connectivity index (χ1n) is 6.88. The normalized spacial score (nSPS) is 17.3. The van der Waals surface area contributed by atoms with Crippen LogP contribution in [0.25, 0.3) is 4.96 Å². The maximum absolute atomic E-state index is 12.6. The molecule has 8 heteroatoms. The fraction of sp³-hybridized carbons (Fsp3) is 0.667. The molecule has 1 aliphatic rings. The Labute approximate surface area is 122 Å². The highest BCUT2D eigenvalue weighted by atomic mass is 32.2. The van der Waals surface area contributed by atoms with Crippen LogP contribution in [-0.2, 0) is 16.4 Å². The summed E-state index contributed by atoms with van der Waals surface area (Å²) in [7, 11) is -3.56. The molecule has 2 aromatic heterocycles. The second kappa shape index (κ2) is 5.09. The van der Waals surface area contributed by atoms with Crippen molar-refractivity contribution in [3.63, 3.8) is 0 Å². The lowest BCUT2D eigenvalue weighted by Gasteiger charge is -2.11. The Hall–Kier alpha value is -0.990. The van der Waals surface area contributed by atoms with E-state index in [0.717, 1.165) is 37.1 Å². The van der Waals surface area contributed by atoms with Gasteiger partial charge in [-0.3, -0.25) is 0 Å². The Morgan fingerprint density at radius 1 is 1.40 bits per heavy atom. The van der Waals surface area contributed by atoms with Gasteiger partial charge < -0.3 is 0 Å². The lowest BCUT2D eigenvalue weighted by Crippen LogP contribution is -2.33. The van der Waals surface area contributed by atoms with Gasteiger partial charge in [0.05, 0.1) is 5.69 Å². The molecule has 20 heavy (non-hydrogen) atoms. The van der Waals surface area contributed by atoms with E-state index in [0.29, 0.717) is 10.7 Å². The lowest BCUT2D eigenvalue weighted by molar-refractivity contribution is 0.544. The second-order valence-corrected chi connectivity index (χ2v) is 7.82. The van der Waals surface area contributed by atoms with Crippen LogP contribution in [-0.4, -0.2) is 29.1 Å².